The molecule has 0 unspecified atom stereocenters. The van der Waals surface area contributed by atoms with E-state index in [0.717, 1.165) is 27.3 Å². The fourth-order valence-corrected chi connectivity index (χ4v) is 3.63. The number of nitrogens with one attached hydrogen (secondary N) is 2. The summed E-state index contributed by atoms with van der Waals surface area (Å²) in [5.74, 6) is -0.177. The van der Waals surface area contributed by atoms with Crippen molar-refractivity contribution in [3.63, 3.8) is 0 Å². The van der Waals surface area contributed by atoms with Gasteiger partial charge in [0.25, 0.3) is 5.91 Å². The first-order chi connectivity index (χ1) is 13.6. The maximum atomic E-state index is 12.6. The number of fused-ring (bicyclic) bond motifs is 1. The number of amides is 2. The van der Waals surface area contributed by atoms with Crippen LogP contribution in [0.4, 0.5) is 10.8 Å². The van der Waals surface area contributed by atoms with Crippen molar-refractivity contribution in [1.82, 2.24) is 9.97 Å². The van der Waals surface area contributed by atoms with E-state index in [0.29, 0.717) is 22.6 Å². The number of carbonyl (C=O) groups is 2. The summed E-state index contributed by atoms with van der Waals surface area (Å²) in [5.41, 5.74) is 4.67. The standard InChI is InChI=1S/C21H16N4O2S/c1-13-4-2-7-16(10-13)23-19(27)15-6-3-5-14(11-15)17-8-9-18-20(24-17)28-21(25-18)22-12-26/h2-12H,1H3,(H,23,27)(H,22,25,26). The summed E-state index contributed by atoms with van der Waals surface area (Å²) in [7, 11) is 0. The monoisotopic (exact) mass is 388 g/mol. The molecule has 7 heteroatoms. The lowest BCUT2D eigenvalue weighted by Crippen LogP contribution is -2.11. The topological polar surface area (TPSA) is 84.0 Å². The van der Waals surface area contributed by atoms with E-state index in [1.807, 2.05) is 61.5 Å². The van der Waals surface area contributed by atoms with Crippen LogP contribution in [0.3, 0.4) is 0 Å². The number of aromatic nitrogens is 2. The van der Waals surface area contributed by atoms with E-state index in [9.17, 15) is 9.59 Å². The maximum Gasteiger partial charge on any atom is 0.255 e. The molecule has 138 valence electrons. The number of nitrogens with zero attached hydrogens (tertiary/aromatic N) is 2. The predicted molar refractivity (Wildman–Crippen MR) is 112 cm³/mol. The van der Waals surface area contributed by atoms with Crippen molar-refractivity contribution in [2.75, 3.05) is 10.6 Å². The molecule has 2 amide bonds. The van der Waals surface area contributed by atoms with Crippen LogP contribution in [0.15, 0.2) is 60.7 Å². The van der Waals surface area contributed by atoms with Crippen LogP contribution in [-0.2, 0) is 4.79 Å². The Hall–Kier alpha value is -3.58. The van der Waals surface area contributed by atoms with E-state index >= 15 is 0 Å². The van der Waals surface area contributed by atoms with Gasteiger partial charge in [0.1, 0.15) is 10.3 Å². The van der Waals surface area contributed by atoms with Gasteiger partial charge in [0, 0.05) is 16.8 Å². The fraction of sp³-hybridized carbons (Fsp3) is 0.0476. The number of rotatable bonds is 5. The molecular formula is C21H16N4O2S. The Morgan fingerprint density at radius 2 is 1.89 bits per heavy atom. The number of hydrogen-bond donors (Lipinski definition) is 2. The summed E-state index contributed by atoms with van der Waals surface area (Å²) in [6.07, 6.45) is 0.592. The van der Waals surface area contributed by atoms with Gasteiger partial charge >= 0.3 is 0 Å². The first-order valence-electron chi connectivity index (χ1n) is 8.58. The quantitative estimate of drug-likeness (QED) is 0.494. The third-order valence-electron chi connectivity index (χ3n) is 4.13. The second-order valence-electron chi connectivity index (χ2n) is 6.21. The highest BCUT2D eigenvalue weighted by Crippen LogP contribution is 2.27. The minimum absolute atomic E-state index is 0.177. The summed E-state index contributed by atoms with van der Waals surface area (Å²) in [6.45, 7) is 1.98. The Bertz CT molecular complexity index is 1190. The third-order valence-corrected chi connectivity index (χ3v) is 5.03. The van der Waals surface area contributed by atoms with Crippen LogP contribution in [-0.4, -0.2) is 22.3 Å². The van der Waals surface area contributed by atoms with Gasteiger partial charge in [-0.2, -0.15) is 0 Å². The Kier molecular flexibility index (Phi) is 4.82. The molecule has 2 aromatic carbocycles. The van der Waals surface area contributed by atoms with E-state index in [2.05, 4.69) is 20.6 Å². The zero-order chi connectivity index (χ0) is 19.5. The van der Waals surface area contributed by atoms with Crippen LogP contribution in [0.1, 0.15) is 15.9 Å². The Balaban J connectivity index is 1.61. The van der Waals surface area contributed by atoms with Gasteiger partial charge in [0.05, 0.1) is 5.69 Å². The summed E-state index contributed by atoms with van der Waals surface area (Å²) < 4.78 is 0. The van der Waals surface area contributed by atoms with Crippen molar-refractivity contribution in [2.45, 2.75) is 6.92 Å². The SMILES string of the molecule is Cc1cccc(NC(=O)c2cccc(-c3ccc4nc(NC=O)sc4n3)c2)c1. The first-order valence-corrected chi connectivity index (χ1v) is 9.40. The molecule has 0 aliphatic rings. The summed E-state index contributed by atoms with van der Waals surface area (Å²) in [4.78, 5) is 32.8. The molecule has 0 aliphatic carbocycles. The highest BCUT2D eigenvalue weighted by molar-refractivity contribution is 7.21. The molecule has 0 saturated heterocycles. The van der Waals surface area contributed by atoms with Crippen molar-refractivity contribution < 1.29 is 9.59 Å². The second kappa shape index (κ2) is 7.58. The lowest BCUT2D eigenvalue weighted by molar-refractivity contribution is -0.105. The maximum absolute atomic E-state index is 12.6. The average molecular weight is 388 g/mol. The smallest absolute Gasteiger partial charge is 0.255 e. The van der Waals surface area contributed by atoms with Gasteiger partial charge in [-0.05, 0) is 48.9 Å². The van der Waals surface area contributed by atoms with Crippen molar-refractivity contribution in [1.29, 1.82) is 0 Å². The number of pyridine rings is 1. The van der Waals surface area contributed by atoms with E-state index in [4.69, 9.17) is 0 Å². The Labute approximate surface area is 165 Å². The molecule has 2 aromatic heterocycles. The average Bonchev–Trinajstić information content (AvgIpc) is 3.10. The molecule has 0 radical (unpaired) electrons. The minimum Gasteiger partial charge on any atom is -0.322 e. The number of thiazole rings is 1. The Morgan fingerprint density at radius 1 is 1.04 bits per heavy atom. The van der Waals surface area contributed by atoms with Crippen LogP contribution in [0.5, 0.6) is 0 Å². The molecule has 0 fully saturated rings. The van der Waals surface area contributed by atoms with Crippen LogP contribution >= 0.6 is 11.3 Å². The molecule has 0 spiro atoms. The van der Waals surface area contributed by atoms with E-state index in [-0.39, 0.29) is 5.91 Å². The van der Waals surface area contributed by atoms with Crippen molar-refractivity contribution in [2.24, 2.45) is 0 Å². The van der Waals surface area contributed by atoms with Crippen LogP contribution in [0.2, 0.25) is 0 Å². The second-order valence-corrected chi connectivity index (χ2v) is 7.18. The fourth-order valence-electron chi connectivity index (χ4n) is 2.84. The van der Waals surface area contributed by atoms with Gasteiger partial charge in [-0.3, -0.25) is 9.59 Å². The zero-order valence-corrected chi connectivity index (χ0v) is 15.8. The summed E-state index contributed by atoms with van der Waals surface area (Å²) >= 11 is 1.30. The number of carbonyl (C=O) groups excluding carboxylic acids is 2. The van der Waals surface area contributed by atoms with Gasteiger partial charge < -0.3 is 10.6 Å². The molecule has 0 saturated carbocycles. The first kappa shape index (κ1) is 17.8. The summed E-state index contributed by atoms with van der Waals surface area (Å²) in [5, 5.41) is 5.96. The van der Waals surface area contributed by atoms with Crippen LogP contribution < -0.4 is 10.6 Å². The molecule has 28 heavy (non-hydrogen) atoms. The molecule has 0 aliphatic heterocycles. The molecule has 0 atom stereocenters. The minimum atomic E-state index is -0.177. The lowest BCUT2D eigenvalue weighted by atomic mass is 10.1. The van der Waals surface area contributed by atoms with Gasteiger partial charge in [0.2, 0.25) is 6.41 Å². The van der Waals surface area contributed by atoms with Crippen LogP contribution in [0.25, 0.3) is 21.6 Å². The van der Waals surface area contributed by atoms with Gasteiger partial charge in [-0.25, -0.2) is 9.97 Å². The van der Waals surface area contributed by atoms with Gasteiger partial charge in [-0.15, -0.1) is 0 Å². The van der Waals surface area contributed by atoms with Crippen molar-refractivity contribution >= 4 is 44.8 Å². The van der Waals surface area contributed by atoms with Crippen LogP contribution in [0, 0.1) is 6.92 Å². The normalized spacial score (nSPS) is 10.6. The summed E-state index contributed by atoms with van der Waals surface area (Å²) in [6, 6.07) is 18.7. The van der Waals surface area contributed by atoms with Gasteiger partial charge in [0.15, 0.2) is 5.13 Å². The van der Waals surface area contributed by atoms with E-state index < -0.39 is 0 Å². The third kappa shape index (κ3) is 3.74. The zero-order valence-electron chi connectivity index (χ0n) is 15.0. The Morgan fingerprint density at radius 3 is 2.71 bits per heavy atom. The van der Waals surface area contributed by atoms with E-state index in [1.165, 1.54) is 11.3 Å². The molecule has 6 nitrogen and oxygen atoms in total. The molecule has 2 N–H and O–H groups in total. The molecule has 4 aromatic rings. The highest BCUT2D eigenvalue weighted by atomic mass is 32.1. The van der Waals surface area contributed by atoms with Gasteiger partial charge in [-0.1, -0.05) is 35.6 Å². The number of benzene rings is 2. The number of aryl methyl sites for hydroxylation is 1. The number of anilines is 2. The van der Waals surface area contributed by atoms with Crippen molar-refractivity contribution in [3.05, 3.63) is 71.8 Å². The largest absolute Gasteiger partial charge is 0.322 e. The predicted octanol–water partition coefficient (Wildman–Crippen LogP) is 4.49. The molecule has 4 rings (SSSR count). The van der Waals surface area contributed by atoms with Crippen molar-refractivity contribution in [3.8, 4) is 11.3 Å². The highest BCUT2D eigenvalue weighted by Gasteiger charge is 2.10. The molecular weight excluding hydrogens is 372 g/mol. The number of hydrogen-bond acceptors (Lipinski definition) is 5. The lowest BCUT2D eigenvalue weighted by Gasteiger charge is -2.08. The molecule has 2 heterocycles. The molecule has 0 bridgehead atoms. The van der Waals surface area contributed by atoms with E-state index in [1.54, 1.807) is 6.07 Å².